The molecule has 0 aromatic rings. The van der Waals surface area contributed by atoms with Gasteiger partial charge in [-0.05, 0) is 6.16 Å². The number of hydrogen-bond acceptors (Lipinski definition) is 3. The quantitative estimate of drug-likeness (QED) is 0.330. The molecule has 0 spiro atoms. The van der Waals surface area contributed by atoms with E-state index >= 15 is 0 Å². The molecule has 0 aromatic carbocycles. The van der Waals surface area contributed by atoms with Crippen LogP contribution in [0.15, 0.2) is 0 Å². The number of carbonyl (C=O) groups is 1. The van der Waals surface area contributed by atoms with E-state index in [2.05, 4.69) is 0 Å². The van der Waals surface area contributed by atoms with Crippen LogP contribution in [0.5, 0.6) is 0 Å². The molecule has 0 aromatic heterocycles. The Balaban J connectivity index is -0.0000000150. The molecule has 0 aliphatic heterocycles. The fraction of sp³-hybridized carbons (Fsp3) is 0. The van der Waals surface area contributed by atoms with E-state index in [1.165, 1.54) is 0 Å². The van der Waals surface area contributed by atoms with Crippen molar-refractivity contribution in [3.05, 3.63) is 0 Å². The second-order valence-corrected chi connectivity index (χ2v) is 0.250. The summed E-state index contributed by atoms with van der Waals surface area (Å²) in [6.07, 6.45) is -2.33. The van der Waals surface area contributed by atoms with Crippen LogP contribution in [0.2, 0.25) is 0 Å². The Bertz CT molecular complexity index is 34.7. The molecular weight excluding hydrogens is 140 g/mol. The van der Waals surface area contributed by atoms with Crippen molar-refractivity contribution < 1.29 is 20.5 Å². The molecule has 0 amide bonds. The summed E-state index contributed by atoms with van der Waals surface area (Å²) in [5.74, 6) is 0. The van der Waals surface area contributed by atoms with Crippen LogP contribution < -0.4 is 10.2 Å². The van der Waals surface area contributed by atoms with Crippen molar-refractivity contribution in [2.75, 3.05) is 0 Å². The van der Waals surface area contributed by atoms with Crippen molar-refractivity contribution >= 4 is 66.9 Å². The first kappa shape index (κ1) is 24.0. The number of carbonyl (C=O) groups excluding carboxylic acids is 1. The largest absolute Gasteiger partial charge is 2.00 e. The normalized spacial score (nSPS) is 3.43. The van der Waals surface area contributed by atoms with Crippen molar-refractivity contribution in [2.24, 2.45) is 0 Å². The SMILES string of the molecule is O=C([O-])[O-].[Ca+2].[Mg+2].[O-2]. The maximum absolute atomic E-state index is 8.33. The summed E-state index contributed by atoms with van der Waals surface area (Å²) in [6, 6.07) is 0. The molecule has 0 saturated heterocycles. The molecule has 0 heterocycles. The molecule has 0 saturated carbocycles. The van der Waals surface area contributed by atoms with Gasteiger partial charge in [0.1, 0.15) is 0 Å². The maximum atomic E-state index is 8.33. The zero-order valence-electron chi connectivity index (χ0n) is 3.55. The van der Waals surface area contributed by atoms with Crippen LogP contribution in [0.1, 0.15) is 0 Å². The van der Waals surface area contributed by atoms with E-state index in [-0.39, 0.29) is 66.3 Å². The number of carboxylic acid groups (broad SMARTS) is 2. The Kier molecular flexibility index (Phi) is 53.7. The average Bonchev–Trinajstić information content (AvgIpc) is 0.811. The van der Waals surface area contributed by atoms with E-state index in [1.807, 2.05) is 0 Å². The summed E-state index contributed by atoms with van der Waals surface area (Å²) in [5.41, 5.74) is 0. The molecule has 0 unspecified atom stereocenters. The van der Waals surface area contributed by atoms with Crippen LogP contribution in [-0.4, -0.2) is 66.9 Å². The van der Waals surface area contributed by atoms with Crippen molar-refractivity contribution in [1.82, 2.24) is 0 Å². The second-order valence-electron chi connectivity index (χ2n) is 0.250. The van der Waals surface area contributed by atoms with E-state index < -0.39 is 6.16 Å². The second kappa shape index (κ2) is 15.7. The van der Waals surface area contributed by atoms with E-state index in [1.54, 1.807) is 0 Å². The third-order valence-corrected chi connectivity index (χ3v) is 0. The Morgan fingerprint density at radius 3 is 1.29 bits per heavy atom. The van der Waals surface area contributed by atoms with Crippen LogP contribution >= 0.6 is 0 Å². The van der Waals surface area contributed by atoms with Crippen molar-refractivity contribution in [3.63, 3.8) is 0 Å². The van der Waals surface area contributed by atoms with Gasteiger partial charge in [0.05, 0.1) is 0 Å². The fourth-order valence-corrected chi connectivity index (χ4v) is 0. The minimum absolute atomic E-state index is 0. The maximum Gasteiger partial charge on any atom is 2.00 e. The van der Waals surface area contributed by atoms with Gasteiger partial charge in [-0.15, -0.1) is 0 Å². The Labute approximate surface area is 86.4 Å². The monoisotopic (exact) mass is 140 g/mol. The smallest absolute Gasteiger partial charge is 2.00 e. The van der Waals surface area contributed by atoms with E-state index in [0.29, 0.717) is 0 Å². The standard InChI is InChI=1S/CH2O3.Ca.Mg.O/c2-1(3)4;;;/h(H2,2,3,4);;;/q;2*+2;-2/p-2. The van der Waals surface area contributed by atoms with Crippen LogP contribution in [0, 0.1) is 0 Å². The van der Waals surface area contributed by atoms with Gasteiger partial charge in [-0.25, -0.2) is 0 Å². The van der Waals surface area contributed by atoms with E-state index in [9.17, 15) is 0 Å². The minimum Gasteiger partial charge on any atom is -2.00 e. The van der Waals surface area contributed by atoms with Gasteiger partial charge < -0.3 is 20.5 Å². The molecular formula is CCaMgO4. The zero-order valence-corrected chi connectivity index (χ0v) is 7.17. The topological polar surface area (TPSA) is 91.7 Å². The summed E-state index contributed by atoms with van der Waals surface area (Å²) in [6.45, 7) is 0. The third-order valence-electron chi connectivity index (χ3n) is 0. The molecule has 0 radical (unpaired) electrons. The molecule has 32 valence electrons. The molecule has 4 nitrogen and oxygen atoms in total. The molecule has 0 aliphatic rings. The molecule has 0 aliphatic carbocycles. The number of rotatable bonds is 0. The Hall–Kier alpha value is 1.26. The number of hydrogen-bond donors (Lipinski definition) is 0. The first-order chi connectivity index (χ1) is 1.73. The van der Waals surface area contributed by atoms with Gasteiger partial charge in [0.2, 0.25) is 0 Å². The van der Waals surface area contributed by atoms with Gasteiger partial charge in [0.15, 0.2) is 0 Å². The van der Waals surface area contributed by atoms with Gasteiger partial charge in [-0.1, -0.05) is 0 Å². The summed E-state index contributed by atoms with van der Waals surface area (Å²) < 4.78 is 0. The molecule has 0 fully saturated rings. The average molecular weight is 140 g/mol. The molecule has 7 heavy (non-hydrogen) atoms. The predicted molar refractivity (Wildman–Crippen MR) is 17.6 cm³/mol. The molecule has 6 heteroatoms. The molecule has 0 atom stereocenters. The third kappa shape index (κ3) is 127. The Morgan fingerprint density at radius 1 is 1.29 bits per heavy atom. The predicted octanol–water partition coefficient (Wildman–Crippen LogP) is -3.33. The van der Waals surface area contributed by atoms with Crippen molar-refractivity contribution in [2.45, 2.75) is 0 Å². The zero-order chi connectivity index (χ0) is 3.58. The first-order valence-electron chi connectivity index (χ1n) is 0.612. The van der Waals surface area contributed by atoms with Crippen LogP contribution in [0.3, 0.4) is 0 Å². The summed E-state index contributed by atoms with van der Waals surface area (Å²) in [7, 11) is 0. The van der Waals surface area contributed by atoms with Crippen LogP contribution in [0.25, 0.3) is 0 Å². The van der Waals surface area contributed by atoms with Gasteiger partial charge in [-0.3, -0.25) is 0 Å². The summed E-state index contributed by atoms with van der Waals surface area (Å²) in [4.78, 5) is 8.33. The van der Waals surface area contributed by atoms with Gasteiger partial charge in [0, 0.05) is 0 Å². The molecule has 0 N–H and O–H groups in total. The fourth-order valence-electron chi connectivity index (χ4n) is 0. The Morgan fingerprint density at radius 2 is 1.29 bits per heavy atom. The van der Waals surface area contributed by atoms with Gasteiger partial charge in [-0.2, -0.15) is 0 Å². The van der Waals surface area contributed by atoms with E-state index in [0.717, 1.165) is 0 Å². The first-order valence-corrected chi connectivity index (χ1v) is 0.612. The van der Waals surface area contributed by atoms with Crippen molar-refractivity contribution in [1.29, 1.82) is 0 Å². The van der Waals surface area contributed by atoms with Crippen LogP contribution in [-0.2, 0) is 5.48 Å². The van der Waals surface area contributed by atoms with Crippen molar-refractivity contribution in [3.8, 4) is 0 Å². The summed E-state index contributed by atoms with van der Waals surface area (Å²) in [5, 5.41) is 16.7. The molecule has 0 rings (SSSR count). The summed E-state index contributed by atoms with van der Waals surface area (Å²) >= 11 is 0. The van der Waals surface area contributed by atoms with Gasteiger partial charge >= 0.3 is 60.8 Å². The van der Waals surface area contributed by atoms with E-state index in [4.69, 9.17) is 15.0 Å². The van der Waals surface area contributed by atoms with Gasteiger partial charge in [0.25, 0.3) is 0 Å². The van der Waals surface area contributed by atoms with Crippen LogP contribution in [0.4, 0.5) is 4.79 Å². The minimum atomic E-state index is -2.33. The molecule has 0 bridgehead atoms.